The van der Waals surface area contributed by atoms with Crippen LogP contribution in [0.1, 0.15) is 22.8 Å². The third kappa shape index (κ3) is 5.07. The van der Waals surface area contributed by atoms with Gasteiger partial charge in [-0.3, -0.25) is 9.69 Å². The van der Waals surface area contributed by atoms with Gasteiger partial charge in [0.2, 0.25) is 0 Å². The van der Waals surface area contributed by atoms with E-state index in [0.717, 1.165) is 5.56 Å². The lowest BCUT2D eigenvalue weighted by Gasteiger charge is -2.07. The maximum absolute atomic E-state index is 12.6. The molecule has 0 aliphatic carbocycles. The van der Waals surface area contributed by atoms with Crippen molar-refractivity contribution in [3.63, 3.8) is 0 Å². The number of carbonyl (C=O) groups is 2. The molecular formula is C22H19N3O4S. The number of aliphatic imine (C=N–C) groups is 1. The largest absolute Gasteiger partial charge is 0.479 e. The van der Waals surface area contributed by atoms with Gasteiger partial charge in [-0.2, -0.15) is 5.26 Å². The summed E-state index contributed by atoms with van der Waals surface area (Å²) in [6, 6.07) is 15.8. The van der Waals surface area contributed by atoms with Crippen molar-refractivity contribution in [2.45, 2.75) is 6.92 Å². The predicted octanol–water partition coefficient (Wildman–Crippen LogP) is 4.00. The van der Waals surface area contributed by atoms with Gasteiger partial charge in [-0.1, -0.05) is 18.2 Å². The average molecular weight is 421 g/mol. The number of hydrogen-bond acceptors (Lipinski definition) is 7. The zero-order chi connectivity index (χ0) is 21.5. The first kappa shape index (κ1) is 21.1. The molecule has 1 saturated heterocycles. The highest BCUT2D eigenvalue weighted by Gasteiger charge is 2.30. The van der Waals surface area contributed by atoms with E-state index < -0.39 is 5.97 Å². The molecule has 152 valence electrons. The molecule has 1 amide bonds. The molecule has 0 bridgehead atoms. The van der Waals surface area contributed by atoms with Gasteiger partial charge in [0.25, 0.3) is 5.91 Å². The Labute approximate surface area is 178 Å². The number of thioether (sulfide) groups is 1. The van der Waals surface area contributed by atoms with Crippen LogP contribution in [0.15, 0.2) is 58.4 Å². The number of ether oxygens (including phenoxy) is 2. The second kappa shape index (κ2) is 9.76. The molecule has 0 radical (unpaired) electrons. The van der Waals surface area contributed by atoms with E-state index in [-0.39, 0.29) is 12.5 Å². The molecule has 0 aromatic heterocycles. The van der Waals surface area contributed by atoms with E-state index in [0.29, 0.717) is 33.7 Å². The van der Waals surface area contributed by atoms with Gasteiger partial charge >= 0.3 is 5.97 Å². The first-order chi connectivity index (χ1) is 14.5. The second-order valence-corrected chi connectivity index (χ2v) is 7.16. The molecule has 3 rings (SSSR count). The van der Waals surface area contributed by atoms with Crippen LogP contribution < -0.4 is 4.74 Å². The Hall–Kier alpha value is -3.57. The van der Waals surface area contributed by atoms with Crippen LogP contribution in [0, 0.1) is 11.3 Å². The Morgan fingerprint density at radius 3 is 2.73 bits per heavy atom. The van der Waals surface area contributed by atoms with E-state index in [1.807, 2.05) is 18.2 Å². The van der Waals surface area contributed by atoms with Crippen LogP contribution in [-0.4, -0.2) is 42.2 Å². The molecule has 0 saturated carbocycles. The molecule has 1 heterocycles. The highest BCUT2D eigenvalue weighted by Crippen LogP contribution is 2.33. The minimum absolute atomic E-state index is 0.0171. The summed E-state index contributed by atoms with van der Waals surface area (Å²) in [6.45, 7) is 2.03. The zero-order valence-electron chi connectivity index (χ0n) is 16.5. The molecule has 8 heteroatoms. The molecule has 1 aliphatic rings. The lowest BCUT2D eigenvalue weighted by Crippen LogP contribution is -2.23. The number of amidine groups is 1. The molecule has 2 aromatic rings. The summed E-state index contributed by atoms with van der Waals surface area (Å²) in [5, 5.41) is 9.07. The lowest BCUT2D eigenvalue weighted by atomic mass is 10.2. The molecule has 1 fully saturated rings. The maximum atomic E-state index is 12.6. The number of carbonyl (C=O) groups excluding carboxylic acids is 2. The topological polar surface area (TPSA) is 92.0 Å². The fourth-order valence-corrected chi connectivity index (χ4v) is 3.59. The van der Waals surface area contributed by atoms with Gasteiger partial charge in [-0.15, -0.1) is 0 Å². The Morgan fingerprint density at radius 1 is 1.27 bits per heavy atom. The minimum atomic E-state index is -0.411. The molecule has 2 aromatic carbocycles. The first-order valence-corrected chi connectivity index (χ1v) is 9.96. The third-order valence-corrected chi connectivity index (χ3v) is 5.13. The van der Waals surface area contributed by atoms with Gasteiger partial charge in [-0.25, -0.2) is 9.79 Å². The zero-order valence-corrected chi connectivity index (χ0v) is 17.3. The molecule has 7 nitrogen and oxygen atoms in total. The number of nitrogens with zero attached hydrogens (tertiary/aromatic N) is 3. The van der Waals surface area contributed by atoms with Crippen molar-refractivity contribution in [2.75, 3.05) is 20.3 Å². The summed E-state index contributed by atoms with van der Waals surface area (Å²) in [5.41, 5.74) is 1.79. The maximum Gasteiger partial charge on any atom is 0.338 e. The van der Waals surface area contributed by atoms with Gasteiger partial charge < -0.3 is 9.47 Å². The molecule has 0 spiro atoms. The van der Waals surface area contributed by atoms with Gasteiger partial charge in [-0.05, 0) is 60.7 Å². The minimum Gasteiger partial charge on any atom is -0.479 e. The van der Waals surface area contributed by atoms with Crippen LogP contribution in [0.3, 0.4) is 0 Å². The fourth-order valence-electron chi connectivity index (χ4n) is 2.61. The number of rotatable bonds is 6. The number of benzene rings is 2. The summed E-state index contributed by atoms with van der Waals surface area (Å²) in [5.74, 6) is 0.0147. The number of nitriles is 1. The van der Waals surface area contributed by atoms with E-state index in [1.54, 1.807) is 56.4 Å². The highest BCUT2D eigenvalue weighted by molar-refractivity contribution is 8.18. The number of hydrogen-bond donors (Lipinski definition) is 0. The fraction of sp³-hybridized carbons (Fsp3) is 0.182. The van der Waals surface area contributed by atoms with E-state index >= 15 is 0 Å². The summed E-state index contributed by atoms with van der Waals surface area (Å²) in [6.07, 6.45) is 1.77. The highest BCUT2D eigenvalue weighted by atomic mass is 32.2. The van der Waals surface area contributed by atoms with Gasteiger partial charge in [0.15, 0.2) is 11.8 Å². The van der Waals surface area contributed by atoms with Crippen LogP contribution in [0.4, 0.5) is 5.69 Å². The second-order valence-electron chi connectivity index (χ2n) is 6.16. The van der Waals surface area contributed by atoms with Crippen molar-refractivity contribution in [2.24, 2.45) is 4.99 Å². The predicted molar refractivity (Wildman–Crippen MR) is 115 cm³/mol. The molecule has 1 aliphatic heterocycles. The summed E-state index contributed by atoms with van der Waals surface area (Å²) < 4.78 is 10.2. The molecule has 30 heavy (non-hydrogen) atoms. The van der Waals surface area contributed by atoms with Crippen molar-refractivity contribution in [3.05, 3.63) is 64.6 Å². The summed E-state index contributed by atoms with van der Waals surface area (Å²) in [7, 11) is 1.66. The summed E-state index contributed by atoms with van der Waals surface area (Å²) in [4.78, 5) is 31.0. The Morgan fingerprint density at radius 2 is 2.03 bits per heavy atom. The van der Waals surface area contributed by atoms with Gasteiger partial charge in [0, 0.05) is 7.05 Å². The Balaban J connectivity index is 1.79. The molecule has 0 N–H and O–H groups in total. The SMILES string of the molecule is CCOC(=O)c1cccc(N=C2SC(=Cc3ccc(OCC#N)cc3)C(=O)N2C)c1. The van der Waals surface area contributed by atoms with Crippen molar-refractivity contribution >= 4 is 40.6 Å². The van der Waals surface area contributed by atoms with Crippen LogP contribution in [0.2, 0.25) is 0 Å². The van der Waals surface area contributed by atoms with Crippen molar-refractivity contribution in [1.82, 2.24) is 4.90 Å². The number of likely N-dealkylation sites (N-methyl/N-ethyl adjacent to an activating group) is 1. The monoisotopic (exact) mass is 421 g/mol. The van der Waals surface area contributed by atoms with Crippen LogP contribution in [0.25, 0.3) is 6.08 Å². The molecule has 0 unspecified atom stereocenters. The third-order valence-electron chi connectivity index (χ3n) is 4.07. The van der Waals surface area contributed by atoms with E-state index in [1.165, 1.54) is 16.7 Å². The smallest absolute Gasteiger partial charge is 0.338 e. The quantitative estimate of drug-likeness (QED) is 0.517. The number of amides is 1. The lowest BCUT2D eigenvalue weighted by molar-refractivity contribution is -0.121. The number of esters is 1. The van der Waals surface area contributed by atoms with Crippen molar-refractivity contribution in [1.29, 1.82) is 5.26 Å². The van der Waals surface area contributed by atoms with Gasteiger partial charge in [0.05, 0.1) is 22.8 Å². The van der Waals surface area contributed by atoms with Crippen LogP contribution in [0.5, 0.6) is 5.75 Å². The van der Waals surface area contributed by atoms with E-state index in [4.69, 9.17) is 14.7 Å². The van der Waals surface area contributed by atoms with Crippen molar-refractivity contribution < 1.29 is 19.1 Å². The normalized spacial score (nSPS) is 16.0. The van der Waals surface area contributed by atoms with Crippen LogP contribution >= 0.6 is 11.8 Å². The van der Waals surface area contributed by atoms with Gasteiger partial charge in [0.1, 0.15) is 11.8 Å². The molecular weight excluding hydrogens is 402 g/mol. The molecule has 0 atom stereocenters. The van der Waals surface area contributed by atoms with E-state index in [9.17, 15) is 9.59 Å². The van der Waals surface area contributed by atoms with Crippen molar-refractivity contribution in [3.8, 4) is 11.8 Å². The standard InChI is InChI=1S/C22H19N3O4S/c1-3-28-21(27)16-5-4-6-17(14-16)24-22-25(2)20(26)19(30-22)13-15-7-9-18(10-8-15)29-12-11-23/h4-10,13-14H,3,12H2,1-2H3. The Bertz CT molecular complexity index is 1050. The Kier molecular flexibility index (Phi) is 6.88. The average Bonchev–Trinajstić information content (AvgIpc) is 3.01. The van der Waals surface area contributed by atoms with Crippen LogP contribution in [-0.2, 0) is 9.53 Å². The summed E-state index contributed by atoms with van der Waals surface area (Å²) >= 11 is 1.26. The van der Waals surface area contributed by atoms with E-state index in [2.05, 4.69) is 4.99 Å². The first-order valence-electron chi connectivity index (χ1n) is 9.15.